The molecule has 1 amide bonds. The number of benzene rings is 1. The molecule has 0 spiro atoms. The van der Waals surface area contributed by atoms with Gasteiger partial charge in [-0.15, -0.1) is 0 Å². The Morgan fingerprint density at radius 1 is 1.15 bits per heavy atom. The summed E-state index contributed by atoms with van der Waals surface area (Å²) in [5, 5.41) is 2.98. The van der Waals surface area contributed by atoms with Gasteiger partial charge in [-0.05, 0) is 41.5 Å². The van der Waals surface area contributed by atoms with Crippen LogP contribution in [0, 0.1) is 17.8 Å². The van der Waals surface area contributed by atoms with E-state index in [0.29, 0.717) is 17.8 Å². The lowest BCUT2D eigenvalue weighted by Gasteiger charge is -2.24. The van der Waals surface area contributed by atoms with Crippen LogP contribution in [0.4, 0.5) is 5.69 Å². The first-order valence-electron chi connectivity index (χ1n) is 7.21. The number of hydrogen-bond acceptors (Lipinski definition) is 2. The molecule has 0 atom stereocenters. The first-order chi connectivity index (χ1) is 9.40. The van der Waals surface area contributed by atoms with E-state index in [0.717, 1.165) is 17.8 Å². The highest BCUT2D eigenvalue weighted by atomic mass is 16.1. The van der Waals surface area contributed by atoms with Crippen LogP contribution in [0.3, 0.4) is 0 Å². The van der Waals surface area contributed by atoms with Gasteiger partial charge in [-0.1, -0.05) is 39.8 Å². The maximum atomic E-state index is 11.8. The lowest BCUT2D eigenvalue weighted by Crippen LogP contribution is -2.32. The minimum absolute atomic E-state index is 0.0480. The number of nitrogens with two attached hydrogens (primary N) is 1. The SMILES string of the molecule is CC(C)C(CNC(=O)/C=C/c1ccc(N)cc1)C(C)C. The predicted octanol–water partition coefficient (Wildman–Crippen LogP) is 3.33. The second kappa shape index (κ2) is 7.73. The molecule has 1 aromatic rings. The van der Waals surface area contributed by atoms with Crippen molar-refractivity contribution in [3.05, 3.63) is 35.9 Å². The summed E-state index contributed by atoms with van der Waals surface area (Å²) in [4.78, 5) is 11.8. The summed E-state index contributed by atoms with van der Waals surface area (Å²) in [6.07, 6.45) is 3.37. The highest BCUT2D eigenvalue weighted by molar-refractivity contribution is 5.91. The van der Waals surface area contributed by atoms with Gasteiger partial charge in [-0.2, -0.15) is 0 Å². The molecule has 0 aliphatic heterocycles. The highest BCUT2D eigenvalue weighted by Gasteiger charge is 2.17. The smallest absolute Gasteiger partial charge is 0.244 e. The van der Waals surface area contributed by atoms with Gasteiger partial charge in [-0.3, -0.25) is 4.79 Å². The second-order valence-corrected chi connectivity index (χ2v) is 5.90. The standard InChI is InChI=1S/C17H26N2O/c1-12(2)16(13(3)4)11-19-17(20)10-7-14-5-8-15(18)9-6-14/h5-10,12-13,16H,11,18H2,1-4H3,(H,19,20)/b10-7+. The molecule has 0 aromatic heterocycles. The van der Waals surface area contributed by atoms with Crippen LogP contribution in [0.15, 0.2) is 30.3 Å². The summed E-state index contributed by atoms with van der Waals surface area (Å²) in [5.74, 6) is 1.59. The molecule has 1 aromatic carbocycles. The van der Waals surface area contributed by atoms with Gasteiger partial charge in [0.1, 0.15) is 0 Å². The third-order valence-corrected chi connectivity index (χ3v) is 3.59. The van der Waals surface area contributed by atoms with Gasteiger partial charge in [0.15, 0.2) is 0 Å². The zero-order chi connectivity index (χ0) is 15.1. The minimum Gasteiger partial charge on any atom is -0.399 e. The van der Waals surface area contributed by atoms with Crippen LogP contribution >= 0.6 is 0 Å². The monoisotopic (exact) mass is 274 g/mol. The van der Waals surface area contributed by atoms with E-state index in [1.165, 1.54) is 0 Å². The average molecular weight is 274 g/mol. The van der Waals surface area contributed by atoms with Gasteiger partial charge >= 0.3 is 0 Å². The summed E-state index contributed by atoms with van der Waals surface area (Å²) in [6.45, 7) is 9.50. The molecule has 0 saturated carbocycles. The molecule has 1 rings (SSSR count). The number of amides is 1. The average Bonchev–Trinajstić information content (AvgIpc) is 2.37. The lowest BCUT2D eigenvalue weighted by molar-refractivity contribution is -0.116. The quantitative estimate of drug-likeness (QED) is 0.617. The van der Waals surface area contributed by atoms with Crippen LogP contribution in [-0.4, -0.2) is 12.5 Å². The van der Waals surface area contributed by atoms with E-state index < -0.39 is 0 Å². The summed E-state index contributed by atoms with van der Waals surface area (Å²) >= 11 is 0. The van der Waals surface area contributed by atoms with Crippen molar-refractivity contribution in [2.75, 3.05) is 12.3 Å². The van der Waals surface area contributed by atoms with Crippen molar-refractivity contribution in [3.8, 4) is 0 Å². The Morgan fingerprint density at radius 3 is 2.20 bits per heavy atom. The van der Waals surface area contributed by atoms with E-state index in [1.54, 1.807) is 12.2 Å². The number of rotatable bonds is 6. The summed E-state index contributed by atoms with van der Waals surface area (Å²) in [7, 11) is 0. The van der Waals surface area contributed by atoms with E-state index in [-0.39, 0.29) is 5.91 Å². The third kappa shape index (κ3) is 5.47. The Kier molecular flexibility index (Phi) is 6.29. The second-order valence-electron chi connectivity index (χ2n) is 5.90. The summed E-state index contributed by atoms with van der Waals surface area (Å²) in [5.41, 5.74) is 7.31. The minimum atomic E-state index is -0.0480. The Labute approximate surface area is 122 Å². The highest BCUT2D eigenvalue weighted by Crippen LogP contribution is 2.19. The van der Waals surface area contributed by atoms with Gasteiger partial charge < -0.3 is 11.1 Å². The van der Waals surface area contributed by atoms with E-state index in [1.807, 2.05) is 24.3 Å². The van der Waals surface area contributed by atoms with Crippen molar-refractivity contribution in [3.63, 3.8) is 0 Å². The van der Waals surface area contributed by atoms with E-state index in [2.05, 4.69) is 33.0 Å². The molecular weight excluding hydrogens is 248 g/mol. The number of carbonyl (C=O) groups is 1. The molecule has 0 bridgehead atoms. The fourth-order valence-corrected chi connectivity index (χ4v) is 2.30. The molecular formula is C17H26N2O. The molecule has 3 N–H and O–H groups in total. The largest absolute Gasteiger partial charge is 0.399 e. The van der Waals surface area contributed by atoms with Crippen LogP contribution in [0.1, 0.15) is 33.3 Å². The van der Waals surface area contributed by atoms with Gasteiger partial charge in [0.25, 0.3) is 0 Å². The van der Waals surface area contributed by atoms with Gasteiger partial charge in [-0.25, -0.2) is 0 Å². The van der Waals surface area contributed by atoms with Crippen molar-refractivity contribution in [1.82, 2.24) is 5.32 Å². The van der Waals surface area contributed by atoms with Crippen LogP contribution in [-0.2, 0) is 4.79 Å². The van der Waals surface area contributed by atoms with Crippen LogP contribution in [0.5, 0.6) is 0 Å². The normalized spacial score (nSPS) is 11.8. The van der Waals surface area contributed by atoms with Crippen molar-refractivity contribution < 1.29 is 4.79 Å². The summed E-state index contributed by atoms with van der Waals surface area (Å²) < 4.78 is 0. The Bertz CT molecular complexity index is 439. The molecule has 3 nitrogen and oxygen atoms in total. The topological polar surface area (TPSA) is 55.1 Å². The number of nitrogen functional groups attached to an aromatic ring is 1. The molecule has 0 fully saturated rings. The fraction of sp³-hybridized carbons (Fsp3) is 0.471. The number of carbonyl (C=O) groups excluding carboxylic acids is 1. The maximum absolute atomic E-state index is 11.8. The molecule has 3 heteroatoms. The van der Waals surface area contributed by atoms with Gasteiger partial charge in [0.05, 0.1) is 0 Å². The molecule has 0 saturated heterocycles. The zero-order valence-corrected chi connectivity index (χ0v) is 12.9. The van der Waals surface area contributed by atoms with Gasteiger partial charge in [0.2, 0.25) is 5.91 Å². The molecule has 20 heavy (non-hydrogen) atoms. The Balaban J connectivity index is 2.49. The Morgan fingerprint density at radius 2 is 1.70 bits per heavy atom. The van der Waals surface area contributed by atoms with E-state index in [9.17, 15) is 4.79 Å². The van der Waals surface area contributed by atoms with Crippen molar-refractivity contribution in [2.45, 2.75) is 27.7 Å². The molecule has 110 valence electrons. The molecule has 0 radical (unpaired) electrons. The zero-order valence-electron chi connectivity index (χ0n) is 12.9. The van der Waals surface area contributed by atoms with Crippen molar-refractivity contribution in [2.24, 2.45) is 17.8 Å². The first-order valence-corrected chi connectivity index (χ1v) is 7.21. The first kappa shape index (κ1) is 16.3. The van der Waals surface area contributed by atoms with Crippen LogP contribution < -0.4 is 11.1 Å². The molecule has 0 aliphatic rings. The Hall–Kier alpha value is -1.77. The van der Waals surface area contributed by atoms with Crippen LogP contribution in [0.25, 0.3) is 6.08 Å². The lowest BCUT2D eigenvalue weighted by atomic mass is 9.85. The summed E-state index contributed by atoms with van der Waals surface area (Å²) in [6, 6.07) is 7.44. The molecule has 0 unspecified atom stereocenters. The third-order valence-electron chi connectivity index (χ3n) is 3.59. The van der Waals surface area contributed by atoms with Crippen molar-refractivity contribution >= 4 is 17.7 Å². The fourth-order valence-electron chi connectivity index (χ4n) is 2.30. The number of nitrogens with one attached hydrogen (secondary N) is 1. The molecule has 0 aliphatic carbocycles. The maximum Gasteiger partial charge on any atom is 0.244 e. The van der Waals surface area contributed by atoms with Crippen molar-refractivity contribution in [1.29, 1.82) is 0 Å². The molecule has 0 heterocycles. The van der Waals surface area contributed by atoms with Gasteiger partial charge in [0, 0.05) is 18.3 Å². The van der Waals surface area contributed by atoms with E-state index >= 15 is 0 Å². The van der Waals surface area contributed by atoms with Crippen LogP contribution in [0.2, 0.25) is 0 Å². The predicted molar refractivity (Wildman–Crippen MR) is 86.1 cm³/mol. The van der Waals surface area contributed by atoms with E-state index in [4.69, 9.17) is 5.73 Å². The number of hydrogen-bond donors (Lipinski definition) is 2. The number of anilines is 1.